The first kappa shape index (κ1) is 19.5. The van der Waals surface area contributed by atoms with Crippen LogP contribution in [0.3, 0.4) is 0 Å². The lowest BCUT2D eigenvalue weighted by atomic mass is 10.0. The molecule has 2 aromatic rings. The molecule has 0 radical (unpaired) electrons. The van der Waals surface area contributed by atoms with Crippen LogP contribution in [0.15, 0.2) is 41.5 Å². The summed E-state index contributed by atoms with van der Waals surface area (Å²) in [5.74, 6) is 1.22. The van der Waals surface area contributed by atoms with Gasteiger partial charge in [0, 0.05) is 0 Å². The third kappa shape index (κ3) is 5.62. The van der Waals surface area contributed by atoms with Crippen LogP contribution in [0.25, 0.3) is 0 Å². The molecule has 0 aliphatic carbocycles. The molecule has 26 heavy (non-hydrogen) atoms. The molecule has 0 spiro atoms. The second-order valence-electron chi connectivity index (χ2n) is 5.97. The van der Waals surface area contributed by atoms with Crippen LogP contribution < -0.4 is 14.9 Å². The number of aryl methyl sites for hydroxylation is 2. The number of hydrogen-bond donors (Lipinski definition) is 1. The van der Waals surface area contributed by atoms with Crippen molar-refractivity contribution in [2.45, 2.75) is 34.1 Å². The van der Waals surface area contributed by atoms with Gasteiger partial charge >= 0.3 is 0 Å². The maximum Gasteiger partial charge on any atom is 0.244 e. The molecular formula is C21H26N2O3. The summed E-state index contributed by atoms with van der Waals surface area (Å²) in [5.41, 5.74) is 6.65. The van der Waals surface area contributed by atoms with Gasteiger partial charge in [0.1, 0.15) is 0 Å². The predicted octanol–water partition coefficient (Wildman–Crippen LogP) is 3.79. The molecule has 0 atom stereocenters. The molecule has 2 rings (SSSR count). The highest BCUT2D eigenvalue weighted by Gasteiger charge is 2.07. The summed E-state index contributed by atoms with van der Waals surface area (Å²) in [6.45, 7) is 8.98. The van der Waals surface area contributed by atoms with Gasteiger partial charge in [0.25, 0.3) is 0 Å². The molecule has 0 bridgehead atoms. The van der Waals surface area contributed by atoms with Crippen molar-refractivity contribution >= 4 is 12.1 Å². The van der Waals surface area contributed by atoms with E-state index in [1.807, 2.05) is 64.1 Å². The number of nitrogens with one attached hydrogen (secondary N) is 1. The van der Waals surface area contributed by atoms with Crippen molar-refractivity contribution in [2.75, 3.05) is 13.2 Å². The number of nitrogens with zero attached hydrogens (tertiary/aromatic N) is 1. The summed E-state index contributed by atoms with van der Waals surface area (Å²) in [6.07, 6.45) is 1.90. The summed E-state index contributed by atoms with van der Waals surface area (Å²) < 4.78 is 11.1. The predicted molar refractivity (Wildman–Crippen MR) is 104 cm³/mol. The maximum absolute atomic E-state index is 12.1. The Hall–Kier alpha value is -2.82. The van der Waals surface area contributed by atoms with E-state index in [0.29, 0.717) is 31.1 Å². The van der Waals surface area contributed by atoms with E-state index in [9.17, 15) is 4.79 Å². The highest BCUT2D eigenvalue weighted by atomic mass is 16.5. The SMILES string of the molecule is CCOc1ccc(/C=N/NC(=O)Cc2cc(C)ccc2C)cc1OCC. The molecule has 0 unspecified atom stereocenters. The molecule has 0 fully saturated rings. The van der Waals surface area contributed by atoms with E-state index in [-0.39, 0.29) is 5.91 Å². The van der Waals surface area contributed by atoms with Gasteiger partial charge < -0.3 is 9.47 Å². The lowest BCUT2D eigenvalue weighted by molar-refractivity contribution is -0.120. The molecule has 5 nitrogen and oxygen atoms in total. The zero-order chi connectivity index (χ0) is 18.9. The topological polar surface area (TPSA) is 59.9 Å². The molecule has 1 N–H and O–H groups in total. The number of benzene rings is 2. The standard InChI is InChI=1S/C21H26N2O3/c1-5-25-19-10-9-17(12-20(19)26-6-2)14-22-23-21(24)13-18-11-15(3)7-8-16(18)4/h7-12,14H,5-6,13H2,1-4H3,(H,23,24)/b22-14+. The number of rotatable bonds is 8. The van der Waals surface area contributed by atoms with Crippen LogP contribution in [0, 0.1) is 13.8 Å². The van der Waals surface area contributed by atoms with Crippen LogP contribution in [0.2, 0.25) is 0 Å². The monoisotopic (exact) mass is 354 g/mol. The third-order valence-corrected chi connectivity index (χ3v) is 3.83. The quantitative estimate of drug-likeness (QED) is 0.579. The summed E-state index contributed by atoms with van der Waals surface area (Å²) in [4.78, 5) is 12.1. The Balaban J connectivity index is 1.99. The molecular weight excluding hydrogens is 328 g/mol. The van der Waals surface area contributed by atoms with Gasteiger partial charge in [-0.2, -0.15) is 5.10 Å². The van der Waals surface area contributed by atoms with Crippen LogP contribution in [-0.2, 0) is 11.2 Å². The van der Waals surface area contributed by atoms with E-state index < -0.39 is 0 Å². The largest absolute Gasteiger partial charge is 0.490 e. The van der Waals surface area contributed by atoms with Gasteiger partial charge in [-0.25, -0.2) is 5.43 Å². The fraction of sp³-hybridized carbons (Fsp3) is 0.333. The van der Waals surface area contributed by atoms with Gasteiger partial charge in [-0.15, -0.1) is 0 Å². The maximum atomic E-state index is 12.1. The summed E-state index contributed by atoms with van der Waals surface area (Å²) in [5, 5.41) is 4.05. The normalized spacial score (nSPS) is 10.8. The number of carbonyl (C=O) groups is 1. The van der Waals surface area contributed by atoms with Crippen molar-refractivity contribution < 1.29 is 14.3 Å². The Labute approximate surface area is 155 Å². The fourth-order valence-corrected chi connectivity index (χ4v) is 2.53. The summed E-state index contributed by atoms with van der Waals surface area (Å²) in [7, 11) is 0. The first-order valence-corrected chi connectivity index (χ1v) is 8.81. The molecule has 0 saturated carbocycles. The zero-order valence-electron chi connectivity index (χ0n) is 15.8. The average Bonchev–Trinajstić information content (AvgIpc) is 2.61. The van der Waals surface area contributed by atoms with Gasteiger partial charge in [0.15, 0.2) is 11.5 Å². The minimum Gasteiger partial charge on any atom is -0.490 e. The summed E-state index contributed by atoms with van der Waals surface area (Å²) in [6, 6.07) is 11.6. The van der Waals surface area contributed by atoms with Crippen LogP contribution in [0.1, 0.15) is 36.1 Å². The molecule has 0 heterocycles. The van der Waals surface area contributed by atoms with Gasteiger partial charge in [-0.05, 0) is 62.6 Å². The van der Waals surface area contributed by atoms with Crippen molar-refractivity contribution in [1.29, 1.82) is 0 Å². The van der Waals surface area contributed by atoms with Gasteiger partial charge in [0.2, 0.25) is 5.91 Å². The number of amides is 1. The highest BCUT2D eigenvalue weighted by molar-refractivity contribution is 5.84. The minimum absolute atomic E-state index is 0.147. The lowest BCUT2D eigenvalue weighted by Crippen LogP contribution is -2.20. The molecule has 0 saturated heterocycles. The van der Waals surface area contributed by atoms with Crippen LogP contribution in [-0.4, -0.2) is 25.3 Å². The lowest BCUT2D eigenvalue weighted by Gasteiger charge is -2.11. The van der Waals surface area contributed by atoms with E-state index in [1.54, 1.807) is 6.21 Å². The second-order valence-corrected chi connectivity index (χ2v) is 5.97. The number of hydrazone groups is 1. The molecule has 0 aromatic heterocycles. The Bertz CT molecular complexity index is 785. The van der Waals surface area contributed by atoms with E-state index in [2.05, 4.69) is 10.5 Å². The van der Waals surface area contributed by atoms with E-state index in [0.717, 1.165) is 22.3 Å². The van der Waals surface area contributed by atoms with E-state index >= 15 is 0 Å². The van der Waals surface area contributed by atoms with Crippen LogP contribution in [0.5, 0.6) is 11.5 Å². The Morgan fingerprint density at radius 2 is 1.77 bits per heavy atom. The van der Waals surface area contributed by atoms with Crippen molar-refractivity contribution in [2.24, 2.45) is 5.10 Å². The van der Waals surface area contributed by atoms with Crippen molar-refractivity contribution in [1.82, 2.24) is 5.43 Å². The fourth-order valence-electron chi connectivity index (χ4n) is 2.53. The Morgan fingerprint density at radius 1 is 1.04 bits per heavy atom. The average molecular weight is 354 g/mol. The zero-order valence-corrected chi connectivity index (χ0v) is 15.8. The Morgan fingerprint density at radius 3 is 2.50 bits per heavy atom. The first-order chi connectivity index (χ1) is 12.5. The smallest absolute Gasteiger partial charge is 0.244 e. The number of carbonyl (C=O) groups excluding carboxylic acids is 1. The van der Waals surface area contributed by atoms with Crippen LogP contribution >= 0.6 is 0 Å². The van der Waals surface area contributed by atoms with Crippen molar-refractivity contribution in [3.05, 3.63) is 58.7 Å². The van der Waals surface area contributed by atoms with Crippen LogP contribution in [0.4, 0.5) is 0 Å². The molecule has 0 aliphatic rings. The van der Waals surface area contributed by atoms with Gasteiger partial charge in [0.05, 0.1) is 25.8 Å². The van der Waals surface area contributed by atoms with E-state index in [4.69, 9.17) is 9.47 Å². The first-order valence-electron chi connectivity index (χ1n) is 8.81. The Kier molecular flexibility index (Phi) is 7.21. The summed E-state index contributed by atoms with van der Waals surface area (Å²) >= 11 is 0. The molecule has 0 aliphatic heterocycles. The molecule has 5 heteroatoms. The van der Waals surface area contributed by atoms with Gasteiger partial charge in [-0.3, -0.25) is 4.79 Å². The molecule has 138 valence electrons. The van der Waals surface area contributed by atoms with E-state index in [1.165, 1.54) is 0 Å². The molecule has 2 aromatic carbocycles. The second kappa shape index (κ2) is 9.61. The number of ether oxygens (including phenoxy) is 2. The minimum atomic E-state index is -0.147. The van der Waals surface area contributed by atoms with Gasteiger partial charge in [-0.1, -0.05) is 23.8 Å². The van der Waals surface area contributed by atoms with Crippen molar-refractivity contribution in [3.8, 4) is 11.5 Å². The highest BCUT2D eigenvalue weighted by Crippen LogP contribution is 2.27. The number of hydrogen-bond acceptors (Lipinski definition) is 4. The van der Waals surface area contributed by atoms with Crippen molar-refractivity contribution in [3.63, 3.8) is 0 Å². The molecule has 1 amide bonds. The third-order valence-electron chi connectivity index (χ3n) is 3.83.